The molecular weight excluding hydrogens is 485 g/mol. The van der Waals surface area contributed by atoms with E-state index in [4.69, 9.17) is 16.3 Å². The number of ether oxygens (including phenoxy) is 1. The lowest BCUT2D eigenvalue weighted by Crippen LogP contribution is -2.50. The van der Waals surface area contributed by atoms with E-state index in [1.165, 1.54) is 18.2 Å². The molecule has 1 saturated heterocycles. The van der Waals surface area contributed by atoms with Crippen molar-refractivity contribution in [3.05, 3.63) is 34.7 Å². The van der Waals surface area contributed by atoms with E-state index < -0.39 is 23.8 Å². The molecular formula is C26H31ClFN5O3. The molecule has 2 amide bonds. The normalized spacial score (nSPS) is 22.8. The number of halogens is 2. The summed E-state index contributed by atoms with van der Waals surface area (Å²) in [6.45, 7) is 1.06. The van der Waals surface area contributed by atoms with Gasteiger partial charge in [0.25, 0.3) is 5.91 Å². The van der Waals surface area contributed by atoms with Crippen LogP contribution in [-0.2, 0) is 9.53 Å². The van der Waals surface area contributed by atoms with Gasteiger partial charge in [-0.3, -0.25) is 14.9 Å². The summed E-state index contributed by atoms with van der Waals surface area (Å²) in [5, 5.41) is 19.5. The molecule has 0 radical (unpaired) electrons. The first kappa shape index (κ1) is 25.0. The SMILES string of the molecule is N#C[C@H](C[C@@H]1CCC2(CC2)NCOC1)NC(=O)[C@H](CC1CC1)NC(=O)c1cc2cc(F)cc(Cl)c2[nH]1. The van der Waals surface area contributed by atoms with Gasteiger partial charge in [0.2, 0.25) is 5.91 Å². The molecule has 2 aromatic rings. The summed E-state index contributed by atoms with van der Waals surface area (Å²) < 4.78 is 19.4. The van der Waals surface area contributed by atoms with Gasteiger partial charge in [-0.25, -0.2) is 4.39 Å². The van der Waals surface area contributed by atoms with Crippen molar-refractivity contribution in [2.75, 3.05) is 13.3 Å². The van der Waals surface area contributed by atoms with Gasteiger partial charge in [-0.1, -0.05) is 24.4 Å². The largest absolute Gasteiger partial charge is 0.366 e. The lowest BCUT2D eigenvalue weighted by molar-refractivity contribution is -0.123. The van der Waals surface area contributed by atoms with Crippen molar-refractivity contribution in [1.82, 2.24) is 20.9 Å². The molecule has 2 aliphatic carbocycles. The zero-order valence-electron chi connectivity index (χ0n) is 20.0. The van der Waals surface area contributed by atoms with Crippen LogP contribution in [0.1, 0.15) is 61.9 Å². The molecule has 2 heterocycles. The highest BCUT2D eigenvalue weighted by Crippen LogP contribution is 2.41. The molecule has 1 aromatic carbocycles. The Morgan fingerprint density at radius 2 is 1.97 bits per heavy atom. The van der Waals surface area contributed by atoms with Gasteiger partial charge in [0.15, 0.2) is 0 Å². The van der Waals surface area contributed by atoms with Crippen molar-refractivity contribution in [3.63, 3.8) is 0 Å². The average Bonchev–Trinajstić information content (AvgIpc) is 3.76. The first-order chi connectivity index (χ1) is 17.3. The monoisotopic (exact) mass is 515 g/mol. The number of nitrogens with one attached hydrogen (secondary N) is 4. The number of carbonyl (C=O) groups is 2. The van der Waals surface area contributed by atoms with E-state index in [-0.39, 0.29) is 28.1 Å². The van der Waals surface area contributed by atoms with Gasteiger partial charge in [0.1, 0.15) is 23.6 Å². The molecule has 1 aromatic heterocycles. The fourth-order valence-electron chi connectivity index (χ4n) is 5.04. The van der Waals surface area contributed by atoms with Crippen molar-refractivity contribution in [2.24, 2.45) is 11.8 Å². The predicted octanol–water partition coefficient (Wildman–Crippen LogP) is 3.76. The zero-order valence-corrected chi connectivity index (χ0v) is 20.8. The number of H-pyrrole nitrogens is 1. The van der Waals surface area contributed by atoms with Crippen molar-refractivity contribution < 1.29 is 18.7 Å². The van der Waals surface area contributed by atoms with Crippen molar-refractivity contribution in [2.45, 2.75) is 69.0 Å². The Bertz CT molecular complexity index is 1190. The fourth-order valence-corrected chi connectivity index (χ4v) is 5.30. The molecule has 3 atom stereocenters. The minimum Gasteiger partial charge on any atom is -0.366 e. The number of benzene rings is 1. The summed E-state index contributed by atoms with van der Waals surface area (Å²) in [6, 6.07) is 4.76. The van der Waals surface area contributed by atoms with E-state index in [1.807, 2.05) is 0 Å². The summed E-state index contributed by atoms with van der Waals surface area (Å²) in [7, 11) is 0. The molecule has 192 valence electrons. The molecule has 4 N–H and O–H groups in total. The van der Waals surface area contributed by atoms with Crippen LogP contribution in [0.4, 0.5) is 4.39 Å². The third-order valence-electron chi connectivity index (χ3n) is 7.61. The summed E-state index contributed by atoms with van der Waals surface area (Å²) >= 11 is 6.10. The van der Waals surface area contributed by atoms with Crippen LogP contribution in [0.3, 0.4) is 0 Å². The third kappa shape index (κ3) is 6.00. The number of nitrogens with zero attached hydrogens (tertiary/aromatic N) is 1. The number of hydrogen-bond donors (Lipinski definition) is 4. The maximum Gasteiger partial charge on any atom is 0.268 e. The van der Waals surface area contributed by atoms with Crippen LogP contribution in [0.25, 0.3) is 10.9 Å². The summed E-state index contributed by atoms with van der Waals surface area (Å²) in [6.07, 6.45) is 7.33. The van der Waals surface area contributed by atoms with Gasteiger partial charge < -0.3 is 20.4 Å². The smallest absolute Gasteiger partial charge is 0.268 e. The average molecular weight is 516 g/mol. The third-order valence-corrected chi connectivity index (χ3v) is 7.90. The molecule has 0 unspecified atom stereocenters. The number of hydrogen-bond acceptors (Lipinski definition) is 5. The molecule has 0 bridgehead atoms. The number of aromatic nitrogens is 1. The Kier molecular flexibility index (Phi) is 7.20. The fraction of sp³-hybridized carbons (Fsp3) is 0.577. The highest BCUT2D eigenvalue weighted by Gasteiger charge is 2.43. The van der Waals surface area contributed by atoms with Crippen LogP contribution in [0.15, 0.2) is 18.2 Å². The molecule has 3 fully saturated rings. The van der Waals surface area contributed by atoms with E-state index in [0.717, 1.165) is 38.5 Å². The Morgan fingerprint density at radius 3 is 2.69 bits per heavy atom. The molecule has 1 spiro atoms. The first-order valence-electron chi connectivity index (χ1n) is 12.7. The maximum absolute atomic E-state index is 13.7. The van der Waals surface area contributed by atoms with Gasteiger partial charge in [-0.05, 0) is 68.6 Å². The van der Waals surface area contributed by atoms with Crippen LogP contribution >= 0.6 is 11.6 Å². The number of carbonyl (C=O) groups excluding carboxylic acids is 2. The summed E-state index contributed by atoms with van der Waals surface area (Å²) in [4.78, 5) is 29.1. The second kappa shape index (κ2) is 10.4. The molecule has 5 rings (SSSR count). The highest BCUT2D eigenvalue weighted by molar-refractivity contribution is 6.35. The minimum absolute atomic E-state index is 0.176. The molecule has 8 nitrogen and oxygen atoms in total. The van der Waals surface area contributed by atoms with Crippen LogP contribution in [0.2, 0.25) is 5.02 Å². The lowest BCUT2D eigenvalue weighted by Gasteiger charge is -2.28. The van der Waals surface area contributed by atoms with Gasteiger partial charge >= 0.3 is 0 Å². The topological polar surface area (TPSA) is 119 Å². The van der Waals surface area contributed by atoms with Crippen LogP contribution in [-0.4, -0.2) is 47.8 Å². The Labute approximate surface area is 214 Å². The van der Waals surface area contributed by atoms with E-state index >= 15 is 0 Å². The van der Waals surface area contributed by atoms with E-state index in [2.05, 4.69) is 27.0 Å². The second-order valence-electron chi connectivity index (χ2n) is 10.5. The predicted molar refractivity (Wildman–Crippen MR) is 133 cm³/mol. The zero-order chi connectivity index (χ0) is 25.3. The molecule has 3 aliphatic rings. The first-order valence-corrected chi connectivity index (χ1v) is 13.0. The van der Waals surface area contributed by atoms with Gasteiger partial charge in [0.05, 0.1) is 29.9 Å². The van der Waals surface area contributed by atoms with Gasteiger partial charge in [0, 0.05) is 10.9 Å². The molecule has 10 heteroatoms. The summed E-state index contributed by atoms with van der Waals surface area (Å²) in [5.74, 6) is -0.788. The van der Waals surface area contributed by atoms with Gasteiger partial charge in [-0.2, -0.15) is 5.26 Å². The summed E-state index contributed by atoms with van der Waals surface area (Å²) in [5.41, 5.74) is 0.847. The van der Waals surface area contributed by atoms with Crippen molar-refractivity contribution >= 4 is 34.3 Å². The Morgan fingerprint density at radius 1 is 1.17 bits per heavy atom. The highest BCUT2D eigenvalue weighted by atomic mass is 35.5. The molecule has 36 heavy (non-hydrogen) atoms. The Balaban J connectivity index is 1.22. The minimum atomic E-state index is -0.771. The maximum atomic E-state index is 13.7. The number of nitriles is 1. The van der Waals surface area contributed by atoms with Crippen molar-refractivity contribution in [3.8, 4) is 6.07 Å². The lowest BCUT2D eigenvalue weighted by atomic mass is 9.92. The molecule has 1 aliphatic heterocycles. The number of aromatic amines is 1. The molecule has 2 saturated carbocycles. The van der Waals surface area contributed by atoms with E-state index in [0.29, 0.717) is 43.0 Å². The number of rotatable bonds is 8. The second-order valence-corrected chi connectivity index (χ2v) is 11.0. The van der Waals surface area contributed by atoms with Gasteiger partial charge in [-0.15, -0.1) is 0 Å². The van der Waals surface area contributed by atoms with Crippen LogP contribution in [0.5, 0.6) is 0 Å². The van der Waals surface area contributed by atoms with E-state index in [9.17, 15) is 19.2 Å². The van der Waals surface area contributed by atoms with Crippen LogP contribution in [0, 0.1) is 29.0 Å². The Hall–Kier alpha value is -2.67. The quantitative estimate of drug-likeness (QED) is 0.427. The number of fused-ring (bicyclic) bond motifs is 1. The number of amides is 2. The van der Waals surface area contributed by atoms with Crippen molar-refractivity contribution in [1.29, 1.82) is 5.26 Å². The standard InChI is InChI=1S/C26H31ClFN5O3/c27-20-11-18(28)9-17-10-22(32-23(17)20)25(35)33-21(8-15-1-2-15)24(34)31-19(12-29)7-16-3-4-26(5-6-26)30-14-36-13-16/h9-11,15-16,19,21,30,32H,1-8,13-14H2,(H,31,34)(H,33,35)/t16-,19-,21-/m0/s1. The van der Waals surface area contributed by atoms with E-state index in [1.54, 1.807) is 0 Å². The van der Waals surface area contributed by atoms with Crippen LogP contribution < -0.4 is 16.0 Å².